The second kappa shape index (κ2) is 7.29. The van der Waals surface area contributed by atoms with E-state index < -0.39 is 10.0 Å². The zero-order valence-electron chi connectivity index (χ0n) is 15.3. The number of hydrogen-bond acceptors (Lipinski definition) is 4. The van der Waals surface area contributed by atoms with Crippen molar-refractivity contribution in [2.24, 2.45) is 0 Å². The number of hydrogen-bond donors (Lipinski definition) is 1. The molecule has 0 amide bonds. The van der Waals surface area contributed by atoms with Crippen LogP contribution in [0.3, 0.4) is 0 Å². The molecule has 0 atom stereocenters. The van der Waals surface area contributed by atoms with Crippen molar-refractivity contribution >= 4 is 26.5 Å². The summed E-state index contributed by atoms with van der Waals surface area (Å²) in [5.41, 5.74) is 2.21. The Labute approximate surface area is 160 Å². The van der Waals surface area contributed by atoms with Gasteiger partial charge in [0.05, 0.1) is 4.90 Å². The first kappa shape index (κ1) is 17.9. The largest absolute Gasteiger partial charge is 0.371 e. The minimum absolute atomic E-state index is 0.0480. The molecular weight excluding hydrogens is 358 g/mol. The number of benzene rings is 2. The predicted molar refractivity (Wildman–Crippen MR) is 108 cm³/mol. The Kier molecular flexibility index (Phi) is 4.85. The Balaban J connectivity index is 1.51. The number of nitrogens with one attached hydrogen (secondary N) is 1. The normalized spacial score (nSPS) is 16.0. The topological polar surface area (TPSA) is 62.3 Å². The molecule has 0 unspecified atom stereocenters. The Morgan fingerprint density at radius 3 is 2.33 bits per heavy atom. The van der Waals surface area contributed by atoms with E-state index >= 15 is 0 Å². The standard InChI is InChI=1S/C21H23N3O2S/c1-16-6-7-21(20-5-3-2-4-19(16)20)27(25,26)23-17-10-14-24(15-11-17)18-8-12-22-13-9-18/h2-9,12-13,17,23H,10-11,14-15H2,1H3. The molecule has 2 aromatic carbocycles. The molecule has 0 bridgehead atoms. The first-order chi connectivity index (χ1) is 13.0. The van der Waals surface area contributed by atoms with Crippen LogP contribution in [0.25, 0.3) is 10.8 Å². The Bertz CT molecular complexity index is 1040. The summed E-state index contributed by atoms with van der Waals surface area (Å²) in [4.78, 5) is 6.68. The van der Waals surface area contributed by atoms with E-state index in [9.17, 15) is 8.42 Å². The van der Waals surface area contributed by atoms with Gasteiger partial charge in [-0.15, -0.1) is 0 Å². The van der Waals surface area contributed by atoms with Crippen LogP contribution in [-0.4, -0.2) is 32.5 Å². The number of aromatic nitrogens is 1. The molecule has 2 heterocycles. The Morgan fingerprint density at radius 2 is 1.63 bits per heavy atom. The first-order valence-corrected chi connectivity index (χ1v) is 10.7. The quantitative estimate of drug-likeness (QED) is 0.751. The maximum absolute atomic E-state index is 13.0. The van der Waals surface area contributed by atoms with Gasteiger partial charge < -0.3 is 4.90 Å². The molecule has 4 rings (SSSR count). The summed E-state index contributed by atoms with van der Waals surface area (Å²) in [6.45, 7) is 3.65. The van der Waals surface area contributed by atoms with Gasteiger partial charge in [0.15, 0.2) is 0 Å². The molecule has 0 saturated carbocycles. The predicted octanol–water partition coefficient (Wildman–Crippen LogP) is 3.49. The van der Waals surface area contributed by atoms with E-state index in [1.165, 1.54) is 0 Å². The molecule has 3 aromatic rings. The van der Waals surface area contributed by atoms with Crippen LogP contribution in [0.4, 0.5) is 5.69 Å². The van der Waals surface area contributed by atoms with Gasteiger partial charge in [-0.2, -0.15) is 0 Å². The highest BCUT2D eigenvalue weighted by Gasteiger charge is 2.26. The van der Waals surface area contributed by atoms with Gasteiger partial charge in [-0.3, -0.25) is 4.98 Å². The van der Waals surface area contributed by atoms with Crippen LogP contribution in [0.5, 0.6) is 0 Å². The average molecular weight is 382 g/mol. The molecular formula is C21H23N3O2S. The van der Waals surface area contributed by atoms with Crippen molar-refractivity contribution in [3.63, 3.8) is 0 Å². The number of piperidine rings is 1. The van der Waals surface area contributed by atoms with Gasteiger partial charge in [-0.05, 0) is 48.9 Å². The van der Waals surface area contributed by atoms with Crippen LogP contribution < -0.4 is 9.62 Å². The molecule has 1 saturated heterocycles. The molecule has 140 valence electrons. The van der Waals surface area contributed by atoms with E-state index in [4.69, 9.17) is 0 Å². The molecule has 1 aliphatic heterocycles. The smallest absolute Gasteiger partial charge is 0.241 e. The number of pyridine rings is 1. The maximum Gasteiger partial charge on any atom is 0.241 e. The molecule has 1 fully saturated rings. The lowest BCUT2D eigenvalue weighted by Crippen LogP contribution is -2.44. The average Bonchev–Trinajstić information content (AvgIpc) is 2.69. The lowest BCUT2D eigenvalue weighted by molar-refractivity contribution is 0.460. The summed E-state index contributed by atoms with van der Waals surface area (Å²) in [5.74, 6) is 0. The van der Waals surface area contributed by atoms with Gasteiger partial charge in [-0.25, -0.2) is 13.1 Å². The fourth-order valence-corrected chi connectivity index (χ4v) is 5.27. The summed E-state index contributed by atoms with van der Waals surface area (Å²) in [5, 5.41) is 1.76. The van der Waals surface area contributed by atoms with Gasteiger partial charge in [0.25, 0.3) is 0 Å². The Hall–Kier alpha value is -2.44. The van der Waals surface area contributed by atoms with Crippen molar-refractivity contribution in [1.82, 2.24) is 9.71 Å². The number of sulfonamides is 1. The second-order valence-corrected chi connectivity index (χ2v) is 8.70. The van der Waals surface area contributed by atoms with E-state index in [0.717, 1.165) is 48.0 Å². The zero-order chi connectivity index (χ0) is 18.9. The van der Waals surface area contributed by atoms with Crippen molar-refractivity contribution < 1.29 is 8.42 Å². The van der Waals surface area contributed by atoms with Crippen molar-refractivity contribution in [2.45, 2.75) is 30.7 Å². The summed E-state index contributed by atoms with van der Waals surface area (Å²) in [7, 11) is -3.56. The minimum atomic E-state index is -3.56. The minimum Gasteiger partial charge on any atom is -0.371 e. The number of rotatable bonds is 4. The van der Waals surface area contributed by atoms with E-state index in [1.807, 2.05) is 49.4 Å². The summed E-state index contributed by atoms with van der Waals surface area (Å²) in [6.07, 6.45) is 5.13. The van der Waals surface area contributed by atoms with Crippen LogP contribution in [0.1, 0.15) is 18.4 Å². The van der Waals surface area contributed by atoms with Gasteiger partial charge in [0.2, 0.25) is 10.0 Å². The lowest BCUT2D eigenvalue weighted by Gasteiger charge is -2.33. The molecule has 0 spiro atoms. The third kappa shape index (κ3) is 3.68. The van der Waals surface area contributed by atoms with Crippen LogP contribution in [0.15, 0.2) is 65.8 Å². The van der Waals surface area contributed by atoms with Crippen LogP contribution in [-0.2, 0) is 10.0 Å². The molecule has 5 nitrogen and oxygen atoms in total. The molecule has 0 aliphatic carbocycles. The summed E-state index contributed by atoms with van der Waals surface area (Å²) in [6, 6.07) is 15.2. The summed E-state index contributed by atoms with van der Waals surface area (Å²) < 4.78 is 29.0. The van der Waals surface area contributed by atoms with E-state index in [1.54, 1.807) is 18.5 Å². The maximum atomic E-state index is 13.0. The van der Waals surface area contributed by atoms with Crippen LogP contribution >= 0.6 is 0 Å². The fourth-order valence-electron chi connectivity index (χ4n) is 3.75. The lowest BCUT2D eigenvalue weighted by atomic mass is 10.1. The molecule has 1 aliphatic rings. The van der Waals surface area contributed by atoms with Crippen molar-refractivity contribution in [1.29, 1.82) is 0 Å². The van der Waals surface area contributed by atoms with Crippen molar-refractivity contribution in [3.8, 4) is 0 Å². The Morgan fingerprint density at radius 1 is 0.963 bits per heavy atom. The van der Waals surface area contributed by atoms with Crippen molar-refractivity contribution in [3.05, 3.63) is 66.5 Å². The highest BCUT2D eigenvalue weighted by Crippen LogP contribution is 2.27. The van der Waals surface area contributed by atoms with Crippen LogP contribution in [0.2, 0.25) is 0 Å². The summed E-state index contributed by atoms with van der Waals surface area (Å²) >= 11 is 0. The zero-order valence-corrected chi connectivity index (χ0v) is 16.1. The van der Waals surface area contributed by atoms with Crippen LogP contribution in [0, 0.1) is 6.92 Å². The number of nitrogens with zero attached hydrogens (tertiary/aromatic N) is 2. The van der Waals surface area contributed by atoms with Gasteiger partial charge in [-0.1, -0.05) is 30.3 Å². The van der Waals surface area contributed by atoms with E-state index in [2.05, 4.69) is 14.6 Å². The van der Waals surface area contributed by atoms with Gasteiger partial charge in [0.1, 0.15) is 0 Å². The third-order valence-corrected chi connectivity index (χ3v) is 6.81. The number of anilines is 1. The first-order valence-electron chi connectivity index (χ1n) is 9.20. The monoisotopic (exact) mass is 381 g/mol. The molecule has 6 heteroatoms. The number of aryl methyl sites for hydroxylation is 1. The SMILES string of the molecule is Cc1ccc(S(=O)(=O)NC2CCN(c3ccncc3)CC2)c2ccccc12. The van der Waals surface area contributed by atoms with Gasteiger partial charge >= 0.3 is 0 Å². The third-order valence-electron chi connectivity index (χ3n) is 5.24. The highest BCUT2D eigenvalue weighted by molar-refractivity contribution is 7.89. The van der Waals surface area contributed by atoms with Gasteiger partial charge in [0, 0.05) is 42.6 Å². The highest BCUT2D eigenvalue weighted by atomic mass is 32.2. The molecule has 1 aromatic heterocycles. The fraction of sp³-hybridized carbons (Fsp3) is 0.286. The molecule has 0 radical (unpaired) electrons. The van der Waals surface area contributed by atoms with Crippen molar-refractivity contribution in [2.75, 3.05) is 18.0 Å². The number of fused-ring (bicyclic) bond motifs is 1. The molecule has 1 N–H and O–H groups in total. The molecule has 27 heavy (non-hydrogen) atoms. The van der Waals surface area contributed by atoms with E-state index in [0.29, 0.717) is 4.90 Å². The van der Waals surface area contributed by atoms with E-state index in [-0.39, 0.29) is 6.04 Å². The second-order valence-electron chi connectivity index (χ2n) is 7.01.